The zero-order valence-corrected chi connectivity index (χ0v) is 17.6. The molecule has 2 aliphatic heterocycles. The Bertz CT molecular complexity index is 772. The first kappa shape index (κ1) is 21.4. The Labute approximate surface area is 171 Å². The van der Waals surface area contributed by atoms with Crippen molar-refractivity contribution in [3.8, 4) is 5.75 Å². The minimum atomic E-state index is -3.11. The molecular formula is C19H27ClN2O5S. The van der Waals surface area contributed by atoms with Crippen LogP contribution in [0.25, 0.3) is 0 Å². The Hall–Kier alpha value is -1.35. The highest BCUT2D eigenvalue weighted by Crippen LogP contribution is 2.22. The van der Waals surface area contributed by atoms with Crippen molar-refractivity contribution in [2.45, 2.75) is 37.9 Å². The van der Waals surface area contributed by atoms with E-state index in [0.717, 1.165) is 25.7 Å². The van der Waals surface area contributed by atoms with E-state index in [9.17, 15) is 13.2 Å². The van der Waals surface area contributed by atoms with Gasteiger partial charge in [-0.25, -0.2) is 12.7 Å². The SMILES string of the molecule is CS(=O)(=O)N1CCC(OC2CCN(C(=O)COc3cccc(Cl)c3)CC2)CC1. The number of sulfonamides is 1. The fourth-order valence-corrected chi connectivity index (χ4v) is 4.66. The normalized spacial score (nSPS) is 20.3. The van der Waals surface area contributed by atoms with Gasteiger partial charge in [0.1, 0.15) is 5.75 Å². The molecule has 0 atom stereocenters. The average Bonchev–Trinajstić information content (AvgIpc) is 2.66. The number of benzene rings is 1. The van der Waals surface area contributed by atoms with E-state index in [1.807, 2.05) is 0 Å². The Morgan fingerprint density at radius 2 is 1.71 bits per heavy atom. The Morgan fingerprint density at radius 1 is 1.11 bits per heavy atom. The molecule has 156 valence electrons. The van der Waals surface area contributed by atoms with E-state index in [2.05, 4.69) is 0 Å². The summed E-state index contributed by atoms with van der Waals surface area (Å²) in [6.07, 6.45) is 4.48. The summed E-state index contributed by atoms with van der Waals surface area (Å²) >= 11 is 5.91. The number of amides is 1. The first-order valence-corrected chi connectivity index (χ1v) is 11.8. The number of rotatable bonds is 6. The quantitative estimate of drug-likeness (QED) is 0.691. The molecule has 1 aromatic carbocycles. The van der Waals surface area contributed by atoms with Gasteiger partial charge in [0.2, 0.25) is 10.0 Å². The summed E-state index contributed by atoms with van der Waals surface area (Å²) in [6.45, 7) is 2.31. The van der Waals surface area contributed by atoms with Gasteiger partial charge in [-0.05, 0) is 43.9 Å². The van der Waals surface area contributed by atoms with Gasteiger partial charge in [0.05, 0.1) is 18.5 Å². The minimum Gasteiger partial charge on any atom is -0.484 e. The summed E-state index contributed by atoms with van der Waals surface area (Å²) in [5.74, 6) is 0.541. The van der Waals surface area contributed by atoms with Crippen LogP contribution in [0, 0.1) is 0 Å². The molecule has 2 fully saturated rings. The number of carbonyl (C=O) groups is 1. The maximum Gasteiger partial charge on any atom is 0.260 e. The van der Waals surface area contributed by atoms with Crippen molar-refractivity contribution >= 4 is 27.5 Å². The van der Waals surface area contributed by atoms with Crippen molar-refractivity contribution < 1.29 is 22.7 Å². The van der Waals surface area contributed by atoms with E-state index in [4.69, 9.17) is 21.1 Å². The second-order valence-corrected chi connectivity index (χ2v) is 9.74. The zero-order chi connectivity index (χ0) is 20.1. The van der Waals surface area contributed by atoms with Crippen molar-refractivity contribution in [1.82, 2.24) is 9.21 Å². The van der Waals surface area contributed by atoms with Crippen molar-refractivity contribution in [3.05, 3.63) is 29.3 Å². The summed E-state index contributed by atoms with van der Waals surface area (Å²) in [5, 5.41) is 0.574. The molecule has 0 spiro atoms. The van der Waals surface area contributed by atoms with Crippen LogP contribution in [-0.4, -0.2) is 74.8 Å². The maximum absolute atomic E-state index is 12.3. The highest BCUT2D eigenvalue weighted by molar-refractivity contribution is 7.88. The second-order valence-electron chi connectivity index (χ2n) is 7.32. The van der Waals surface area contributed by atoms with Crippen molar-refractivity contribution in [2.75, 3.05) is 39.0 Å². The smallest absolute Gasteiger partial charge is 0.260 e. The lowest BCUT2D eigenvalue weighted by molar-refractivity contribution is -0.137. The average molecular weight is 431 g/mol. The van der Waals surface area contributed by atoms with E-state index in [0.29, 0.717) is 37.0 Å². The standard InChI is InChI=1S/C19H27ClN2O5S/c1-28(24,25)22-11-7-17(8-12-22)27-16-5-9-21(10-6-16)19(23)14-26-18-4-2-3-15(20)13-18/h2-4,13,16-17H,5-12,14H2,1H3. The summed E-state index contributed by atoms with van der Waals surface area (Å²) in [5.41, 5.74) is 0. The fourth-order valence-electron chi connectivity index (χ4n) is 3.61. The molecule has 2 saturated heterocycles. The number of hydrogen-bond donors (Lipinski definition) is 0. The molecule has 0 aliphatic carbocycles. The molecule has 0 bridgehead atoms. The third-order valence-corrected chi connectivity index (χ3v) is 6.75. The molecule has 1 aromatic rings. The number of hydrogen-bond acceptors (Lipinski definition) is 5. The molecule has 28 heavy (non-hydrogen) atoms. The number of carbonyl (C=O) groups excluding carboxylic acids is 1. The van der Waals surface area contributed by atoms with Crippen LogP contribution in [0.5, 0.6) is 5.75 Å². The van der Waals surface area contributed by atoms with Gasteiger partial charge in [0, 0.05) is 31.2 Å². The monoisotopic (exact) mass is 430 g/mol. The molecule has 0 radical (unpaired) electrons. The first-order chi connectivity index (χ1) is 13.3. The molecule has 0 N–H and O–H groups in total. The van der Waals surface area contributed by atoms with Crippen LogP contribution in [-0.2, 0) is 19.6 Å². The van der Waals surface area contributed by atoms with Gasteiger partial charge in [-0.1, -0.05) is 17.7 Å². The molecule has 0 saturated carbocycles. The van der Waals surface area contributed by atoms with Crippen LogP contribution >= 0.6 is 11.6 Å². The van der Waals surface area contributed by atoms with E-state index in [1.54, 1.807) is 29.2 Å². The summed E-state index contributed by atoms with van der Waals surface area (Å²) in [6, 6.07) is 7.00. The van der Waals surface area contributed by atoms with Gasteiger partial charge in [0.15, 0.2) is 6.61 Å². The number of halogens is 1. The topological polar surface area (TPSA) is 76.2 Å². The van der Waals surface area contributed by atoms with Crippen LogP contribution in [0.3, 0.4) is 0 Å². The van der Waals surface area contributed by atoms with Gasteiger partial charge < -0.3 is 14.4 Å². The Balaban J connectivity index is 1.37. The van der Waals surface area contributed by atoms with Crippen LogP contribution in [0.1, 0.15) is 25.7 Å². The van der Waals surface area contributed by atoms with Crippen LogP contribution in [0.15, 0.2) is 24.3 Å². The highest BCUT2D eigenvalue weighted by atomic mass is 35.5. The number of ether oxygens (including phenoxy) is 2. The minimum absolute atomic E-state index is 0.00415. The molecule has 3 rings (SSSR count). The highest BCUT2D eigenvalue weighted by Gasteiger charge is 2.29. The molecule has 1 amide bonds. The van der Waals surface area contributed by atoms with Gasteiger partial charge >= 0.3 is 0 Å². The lowest BCUT2D eigenvalue weighted by Crippen LogP contribution is -2.45. The van der Waals surface area contributed by atoms with Crippen molar-refractivity contribution in [1.29, 1.82) is 0 Å². The molecule has 0 aromatic heterocycles. The van der Waals surface area contributed by atoms with E-state index in [1.165, 1.54) is 10.6 Å². The van der Waals surface area contributed by atoms with Gasteiger partial charge in [-0.3, -0.25) is 4.79 Å². The third kappa shape index (κ3) is 6.07. The van der Waals surface area contributed by atoms with Crippen molar-refractivity contribution in [2.24, 2.45) is 0 Å². The van der Waals surface area contributed by atoms with Gasteiger partial charge in [-0.2, -0.15) is 0 Å². The Morgan fingerprint density at radius 3 is 2.29 bits per heavy atom. The van der Waals surface area contributed by atoms with Gasteiger partial charge in [-0.15, -0.1) is 0 Å². The number of likely N-dealkylation sites (tertiary alicyclic amines) is 1. The van der Waals surface area contributed by atoms with Crippen LogP contribution in [0.4, 0.5) is 0 Å². The fraction of sp³-hybridized carbons (Fsp3) is 0.632. The predicted molar refractivity (Wildman–Crippen MR) is 107 cm³/mol. The van der Waals surface area contributed by atoms with Crippen LogP contribution in [0.2, 0.25) is 5.02 Å². The van der Waals surface area contributed by atoms with Crippen LogP contribution < -0.4 is 4.74 Å². The second kappa shape index (κ2) is 9.43. The third-order valence-electron chi connectivity index (χ3n) is 5.21. The number of piperidine rings is 2. The molecule has 0 unspecified atom stereocenters. The lowest BCUT2D eigenvalue weighted by Gasteiger charge is -2.36. The molecular weight excluding hydrogens is 404 g/mol. The molecule has 7 nitrogen and oxygen atoms in total. The van der Waals surface area contributed by atoms with E-state index in [-0.39, 0.29) is 24.7 Å². The maximum atomic E-state index is 12.3. The van der Waals surface area contributed by atoms with Crippen molar-refractivity contribution in [3.63, 3.8) is 0 Å². The number of nitrogens with zero attached hydrogens (tertiary/aromatic N) is 2. The lowest BCUT2D eigenvalue weighted by atomic mass is 10.1. The Kier molecular flexibility index (Phi) is 7.20. The summed E-state index contributed by atoms with van der Waals surface area (Å²) < 4.78 is 36.3. The van der Waals surface area contributed by atoms with E-state index >= 15 is 0 Å². The largest absolute Gasteiger partial charge is 0.484 e. The molecule has 9 heteroatoms. The summed E-state index contributed by atoms with van der Waals surface area (Å²) in [4.78, 5) is 14.2. The zero-order valence-electron chi connectivity index (χ0n) is 16.0. The summed E-state index contributed by atoms with van der Waals surface area (Å²) in [7, 11) is -3.11. The van der Waals surface area contributed by atoms with Gasteiger partial charge in [0.25, 0.3) is 5.91 Å². The molecule has 2 aliphatic rings. The van der Waals surface area contributed by atoms with E-state index < -0.39 is 10.0 Å². The first-order valence-electron chi connectivity index (χ1n) is 9.58. The molecule has 2 heterocycles. The predicted octanol–water partition coefficient (Wildman–Crippen LogP) is 2.15.